The zero-order valence-electron chi connectivity index (χ0n) is 27.2. The minimum absolute atomic E-state index is 0.0555. The first-order valence-corrected chi connectivity index (χ1v) is 15.2. The molecule has 4 unspecified atom stereocenters. The second-order valence-corrected chi connectivity index (χ2v) is 11.7. The number of benzene rings is 2. The van der Waals surface area contributed by atoms with Gasteiger partial charge in [-0.3, -0.25) is 14.4 Å². The van der Waals surface area contributed by atoms with Crippen LogP contribution in [0.25, 0.3) is 22.3 Å². The maximum absolute atomic E-state index is 14.2. The Morgan fingerprint density at radius 2 is 1.28 bits per heavy atom. The molecule has 50 heavy (non-hydrogen) atoms. The van der Waals surface area contributed by atoms with Crippen molar-refractivity contribution in [1.82, 2.24) is 0 Å². The number of fused-ring (bicyclic) bond motifs is 1. The summed E-state index contributed by atoms with van der Waals surface area (Å²) in [7, 11) is 1.13. The van der Waals surface area contributed by atoms with E-state index in [4.69, 9.17) is 37.6 Å². The fourth-order valence-electron chi connectivity index (χ4n) is 5.61. The molecule has 5 rings (SSSR count). The topological polar surface area (TPSA) is 271 Å². The highest BCUT2D eigenvalue weighted by Crippen LogP contribution is 2.46. The molecule has 2 aliphatic heterocycles. The van der Waals surface area contributed by atoms with E-state index < -0.39 is 119 Å². The van der Waals surface area contributed by atoms with E-state index in [0.717, 1.165) is 39.2 Å². The van der Waals surface area contributed by atoms with Gasteiger partial charge in [0.2, 0.25) is 29.5 Å². The molecule has 1 aromatic heterocycles. The Bertz CT molecular complexity index is 1820. The van der Waals surface area contributed by atoms with E-state index in [1.54, 1.807) is 0 Å². The second kappa shape index (κ2) is 14.2. The van der Waals surface area contributed by atoms with Crippen molar-refractivity contribution in [2.24, 2.45) is 0 Å². The van der Waals surface area contributed by atoms with Crippen LogP contribution < -0.4 is 19.6 Å². The van der Waals surface area contributed by atoms with Crippen molar-refractivity contribution in [2.75, 3.05) is 7.11 Å². The Balaban J connectivity index is 1.65. The standard InChI is InChI=1S/C32H36O18/c1-10-20(37)28(46-12(3)33)24(41)31(44-10)49-18-9-17-19(22(39)27(18)43-5)23(40)30(26(48-17)14-6-7-15(35)16(36)8-14)50-32-25(42)29(47-13(4)34)21(38)11(2)45-32/h6-11,20-21,24-25,28-29,31-32,35-39,41-42H,1-5H3/t10?,11?,20-,21-,24?,25-,28-,29?,31-,32-/m0/s1. The number of ether oxygens (including phenoxy) is 7. The molecule has 0 spiro atoms. The molecule has 2 aliphatic rings. The lowest BCUT2D eigenvalue weighted by atomic mass is 9.99. The van der Waals surface area contributed by atoms with E-state index in [-0.39, 0.29) is 16.9 Å². The van der Waals surface area contributed by atoms with Gasteiger partial charge in [-0.1, -0.05) is 0 Å². The van der Waals surface area contributed by atoms with Crippen LogP contribution >= 0.6 is 0 Å². The fourth-order valence-corrected chi connectivity index (χ4v) is 5.61. The largest absolute Gasteiger partial charge is 0.504 e. The van der Waals surface area contributed by atoms with Crippen LogP contribution in [-0.4, -0.2) is 116 Å². The fraction of sp³-hybridized carbons (Fsp3) is 0.469. The number of carbonyl (C=O) groups excluding carboxylic acids is 2. The van der Waals surface area contributed by atoms with Crippen molar-refractivity contribution in [3.05, 3.63) is 34.5 Å². The van der Waals surface area contributed by atoms with Crippen molar-refractivity contribution in [1.29, 1.82) is 0 Å². The van der Waals surface area contributed by atoms with Crippen LogP contribution in [0.2, 0.25) is 0 Å². The Morgan fingerprint density at radius 1 is 0.740 bits per heavy atom. The number of carbonyl (C=O) groups is 2. The van der Waals surface area contributed by atoms with Gasteiger partial charge in [0.25, 0.3) is 0 Å². The summed E-state index contributed by atoms with van der Waals surface area (Å²) in [6, 6.07) is 4.44. The summed E-state index contributed by atoms with van der Waals surface area (Å²) < 4.78 is 44.3. The molecule has 7 N–H and O–H groups in total. The highest BCUT2D eigenvalue weighted by molar-refractivity contribution is 5.91. The number of phenols is 3. The van der Waals surface area contributed by atoms with Crippen LogP contribution in [0.15, 0.2) is 33.5 Å². The summed E-state index contributed by atoms with van der Waals surface area (Å²) in [6.45, 7) is 4.96. The summed E-state index contributed by atoms with van der Waals surface area (Å²) in [5.41, 5.74) is -1.50. The minimum Gasteiger partial charge on any atom is -0.504 e. The predicted molar refractivity (Wildman–Crippen MR) is 165 cm³/mol. The normalized spacial score (nSPS) is 29.6. The lowest BCUT2D eigenvalue weighted by molar-refractivity contribution is -0.272. The number of aromatic hydroxyl groups is 3. The van der Waals surface area contributed by atoms with Crippen molar-refractivity contribution in [3.63, 3.8) is 0 Å². The summed E-state index contributed by atoms with van der Waals surface area (Å²) in [6.07, 6.45) is -15.0. The summed E-state index contributed by atoms with van der Waals surface area (Å²) >= 11 is 0. The van der Waals surface area contributed by atoms with Gasteiger partial charge in [0.1, 0.15) is 23.2 Å². The highest BCUT2D eigenvalue weighted by Gasteiger charge is 2.48. The summed E-state index contributed by atoms with van der Waals surface area (Å²) in [4.78, 5) is 37.5. The van der Waals surface area contributed by atoms with Crippen LogP contribution in [-0.2, 0) is 28.5 Å². The van der Waals surface area contributed by atoms with Crippen molar-refractivity contribution in [3.8, 4) is 45.8 Å². The first-order chi connectivity index (χ1) is 23.5. The Morgan fingerprint density at radius 3 is 1.78 bits per heavy atom. The molecule has 3 heterocycles. The maximum Gasteiger partial charge on any atom is 0.303 e. The first kappa shape index (κ1) is 36.4. The number of hydrogen-bond acceptors (Lipinski definition) is 18. The molecule has 10 atom stereocenters. The summed E-state index contributed by atoms with van der Waals surface area (Å²) in [5, 5.41) is 73.7. The molecule has 0 aliphatic carbocycles. The van der Waals surface area contributed by atoms with E-state index in [0.29, 0.717) is 0 Å². The molecule has 0 bridgehead atoms. The minimum atomic E-state index is -1.85. The van der Waals surface area contributed by atoms with Crippen molar-refractivity contribution >= 4 is 22.9 Å². The van der Waals surface area contributed by atoms with Gasteiger partial charge in [-0.05, 0) is 32.0 Å². The quantitative estimate of drug-likeness (QED) is 0.121. The number of aliphatic hydroxyl groups excluding tert-OH is 4. The lowest BCUT2D eigenvalue weighted by Gasteiger charge is -2.40. The molecule has 272 valence electrons. The SMILES string of the molecule is COc1c(O[C@@H]2OC(C)[C@H](O)[C@H](OC(C)=O)C2O)cc2oc(-c3ccc(O)c(O)c3)c(O[C@@H]3OC(C)[C@H](O)C(OC(C)=O)[C@@H]3O)c(=O)c2c1O. The number of aliphatic hydroxyl groups is 4. The van der Waals surface area contributed by atoms with Crippen molar-refractivity contribution < 1.29 is 82.9 Å². The van der Waals surface area contributed by atoms with E-state index in [9.17, 15) is 50.1 Å². The van der Waals surface area contributed by atoms with Gasteiger partial charge in [0, 0.05) is 25.5 Å². The molecule has 0 radical (unpaired) electrons. The molecule has 0 saturated carbocycles. The van der Waals surface area contributed by atoms with Crippen LogP contribution in [0.4, 0.5) is 0 Å². The molecular formula is C32H36O18. The molecule has 2 fully saturated rings. The number of esters is 2. The average Bonchev–Trinajstić information content (AvgIpc) is 3.04. The number of rotatable bonds is 8. The number of methoxy groups -OCH3 is 1. The average molecular weight is 709 g/mol. The number of hydrogen-bond donors (Lipinski definition) is 7. The molecule has 18 nitrogen and oxygen atoms in total. The predicted octanol–water partition coefficient (Wildman–Crippen LogP) is 0.140. The van der Waals surface area contributed by atoms with Gasteiger partial charge in [-0.2, -0.15) is 0 Å². The monoisotopic (exact) mass is 708 g/mol. The zero-order chi connectivity index (χ0) is 36.8. The third-order valence-corrected chi connectivity index (χ3v) is 8.12. The molecular weight excluding hydrogens is 672 g/mol. The van der Waals surface area contributed by atoms with E-state index in [1.807, 2.05) is 0 Å². The Labute approximate surface area is 282 Å². The lowest BCUT2D eigenvalue weighted by Crippen LogP contribution is -2.59. The molecule has 18 heteroatoms. The second-order valence-electron chi connectivity index (χ2n) is 11.7. The highest BCUT2D eigenvalue weighted by atomic mass is 16.7. The van der Waals surface area contributed by atoms with Crippen LogP contribution in [0.5, 0.6) is 34.5 Å². The van der Waals surface area contributed by atoms with Crippen LogP contribution in [0, 0.1) is 0 Å². The Kier molecular flexibility index (Phi) is 10.3. The number of phenolic OH excluding ortho intramolecular Hbond substituents is 3. The van der Waals surface area contributed by atoms with E-state index >= 15 is 0 Å². The molecule has 2 saturated heterocycles. The van der Waals surface area contributed by atoms with Gasteiger partial charge in [-0.25, -0.2) is 0 Å². The van der Waals surface area contributed by atoms with Gasteiger partial charge in [-0.15, -0.1) is 0 Å². The van der Waals surface area contributed by atoms with E-state index in [1.165, 1.54) is 19.9 Å². The maximum atomic E-state index is 14.2. The first-order valence-electron chi connectivity index (χ1n) is 15.2. The third kappa shape index (κ3) is 6.80. The van der Waals surface area contributed by atoms with E-state index in [2.05, 4.69) is 0 Å². The van der Waals surface area contributed by atoms with Gasteiger partial charge in [0.15, 0.2) is 53.2 Å². The molecule has 2 aromatic carbocycles. The third-order valence-electron chi connectivity index (χ3n) is 8.12. The summed E-state index contributed by atoms with van der Waals surface area (Å²) in [5.74, 6) is -5.54. The van der Waals surface area contributed by atoms with Gasteiger partial charge < -0.3 is 73.3 Å². The van der Waals surface area contributed by atoms with Gasteiger partial charge >= 0.3 is 11.9 Å². The van der Waals surface area contributed by atoms with Crippen LogP contribution in [0.1, 0.15) is 27.7 Å². The Hall–Kier alpha value is -4.85. The smallest absolute Gasteiger partial charge is 0.303 e. The molecule has 0 amide bonds. The van der Waals surface area contributed by atoms with Crippen molar-refractivity contribution in [2.45, 2.75) is 89.1 Å². The van der Waals surface area contributed by atoms with Crippen LogP contribution in [0.3, 0.4) is 0 Å². The zero-order valence-corrected chi connectivity index (χ0v) is 27.2. The van der Waals surface area contributed by atoms with Gasteiger partial charge in [0.05, 0.1) is 19.3 Å². The molecule has 3 aromatic rings.